The second-order valence-corrected chi connectivity index (χ2v) is 12.5. The first-order valence-electron chi connectivity index (χ1n) is 5.32. The molecule has 0 saturated carbocycles. The van der Waals surface area contributed by atoms with Crippen LogP contribution < -0.4 is 0 Å². The molecule has 0 aromatic rings. The Balaban J connectivity index is 2.94. The maximum absolute atomic E-state index is 2.50. The van der Waals surface area contributed by atoms with Gasteiger partial charge in [-0.1, -0.05) is 0 Å². The van der Waals surface area contributed by atoms with Gasteiger partial charge in [-0.3, -0.25) is 0 Å². The van der Waals surface area contributed by atoms with Crippen molar-refractivity contribution in [1.29, 1.82) is 0 Å². The quantitative estimate of drug-likeness (QED) is 0.575. The zero-order valence-corrected chi connectivity index (χ0v) is 12.4. The van der Waals surface area contributed by atoms with Crippen LogP contribution in [-0.2, 0) is 0 Å². The Morgan fingerprint density at radius 2 is 1.57 bits per heavy atom. The molecule has 0 spiro atoms. The molecule has 0 atom stereocenters. The summed E-state index contributed by atoms with van der Waals surface area (Å²) >= 11 is -1.08. The molecule has 0 aliphatic carbocycles. The minimum atomic E-state index is -1.08. The van der Waals surface area contributed by atoms with E-state index in [0.29, 0.717) is 9.66 Å². The van der Waals surface area contributed by atoms with Crippen molar-refractivity contribution in [2.45, 2.75) is 45.8 Å². The van der Waals surface area contributed by atoms with Crippen LogP contribution in [0.2, 0.25) is 4.25 Å². The molecule has 0 N–H and O–H groups in total. The first-order chi connectivity index (χ1) is 6.21. The van der Waals surface area contributed by atoms with Crippen molar-refractivity contribution >= 4 is 18.8 Å². The van der Waals surface area contributed by atoms with Crippen LogP contribution >= 0.6 is 0 Å². The van der Waals surface area contributed by atoms with Crippen molar-refractivity contribution < 1.29 is 0 Å². The number of allylic oxidation sites excluding steroid dienone is 3. The van der Waals surface area contributed by atoms with E-state index in [-0.39, 0.29) is 0 Å². The fourth-order valence-corrected chi connectivity index (χ4v) is 5.31. The second kappa shape index (κ2) is 3.80. The molecule has 0 amide bonds. The molecule has 78 valence electrons. The molecule has 1 heteroatoms. The van der Waals surface area contributed by atoms with Gasteiger partial charge in [0.2, 0.25) is 0 Å². The predicted molar refractivity (Wildman–Crippen MR) is 68.2 cm³/mol. The van der Waals surface area contributed by atoms with Crippen LogP contribution in [0.5, 0.6) is 0 Å². The average Bonchev–Trinajstić information content (AvgIpc) is 2.01. The Morgan fingerprint density at radius 3 is 1.86 bits per heavy atom. The van der Waals surface area contributed by atoms with E-state index < -0.39 is 13.9 Å². The third kappa shape index (κ3) is 2.94. The van der Waals surface area contributed by atoms with Crippen molar-refractivity contribution in [3.05, 3.63) is 22.6 Å². The summed E-state index contributed by atoms with van der Waals surface area (Å²) in [6.07, 6.45) is 4.72. The van der Waals surface area contributed by atoms with Crippen molar-refractivity contribution in [1.82, 2.24) is 0 Å². The van der Waals surface area contributed by atoms with Gasteiger partial charge in [-0.2, -0.15) is 0 Å². The summed E-state index contributed by atoms with van der Waals surface area (Å²) in [4.78, 5) is 5.00. The molecule has 0 saturated heterocycles. The van der Waals surface area contributed by atoms with Crippen LogP contribution in [0, 0.1) is 5.41 Å². The summed E-state index contributed by atoms with van der Waals surface area (Å²) in [6, 6.07) is 0. The Labute approximate surface area is 92.7 Å². The van der Waals surface area contributed by atoms with E-state index in [1.54, 1.807) is 0 Å². The molecular weight excluding hydrogens is 229 g/mol. The molecule has 0 radical (unpaired) electrons. The molecule has 0 unspecified atom stereocenters. The van der Waals surface area contributed by atoms with E-state index in [4.69, 9.17) is 0 Å². The van der Waals surface area contributed by atoms with E-state index in [0.717, 1.165) is 0 Å². The zero-order valence-electron chi connectivity index (χ0n) is 10.3. The van der Waals surface area contributed by atoms with Gasteiger partial charge in [-0.15, -0.1) is 0 Å². The van der Waals surface area contributed by atoms with Gasteiger partial charge in [0.25, 0.3) is 0 Å². The molecule has 1 aliphatic rings. The van der Waals surface area contributed by atoms with Crippen LogP contribution in [0.4, 0.5) is 0 Å². The van der Waals surface area contributed by atoms with Gasteiger partial charge in [-0.25, -0.2) is 0 Å². The van der Waals surface area contributed by atoms with Gasteiger partial charge >= 0.3 is 92.6 Å². The van der Waals surface area contributed by atoms with Gasteiger partial charge < -0.3 is 0 Å². The van der Waals surface area contributed by atoms with Crippen molar-refractivity contribution in [2.24, 2.45) is 5.41 Å². The SMILES string of the molecule is CC(C)(C)C1=C[CH]=[Ge]([C](C)(C)C)[CH]=C1. The van der Waals surface area contributed by atoms with Gasteiger partial charge in [0.05, 0.1) is 0 Å². The van der Waals surface area contributed by atoms with Gasteiger partial charge in [0.1, 0.15) is 0 Å². The molecule has 0 nitrogen and oxygen atoms in total. The summed E-state index contributed by atoms with van der Waals surface area (Å²) in [5.41, 5.74) is 1.77. The minimum absolute atomic E-state index is 0.300. The standard InChI is InChI=1S/C13H22Ge/c1-12(2,3)11-7-9-14(10-8-11)13(4,5)6/h7-10H,1-6H3. The van der Waals surface area contributed by atoms with E-state index in [1.165, 1.54) is 5.57 Å². The third-order valence-electron chi connectivity index (χ3n) is 2.62. The molecule has 1 aliphatic heterocycles. The van der Waals surface area contributed by atoms with Crippen molar-refractivity contribution in [3.63, 3.8) is 0 Å². The Kier molecular flexibility index (Phi) is 3.25. The fraction of sp³-hybridized carbons (Fsp3) is 0.615. The van der Waals surface area contributed by atoms with Gasteiger partial charge in [0, 0.05) is 0 Å². The molecule has 1 heterocycles. The molecule has 1 rings (SSSR count). The molecule has 0 fully saturated rings. The zero-order chi connectivity index (χ0) is 11.0. The van der Waals surface area contributed by atoms with E-state index >= 15 is 0 Å². The van der Waals surface area contributed by atoms with Crippen molar-refractivity contribution in [2.75, 3.05) is 0 Å². The van der Waals surface area contributed by atoms with Crippen molar-refractivity contribution in [3.8, 4) is 0 Å². The molecule has 14 heavy (non-hydrogen) atoms. The molecule has 0 aromatic heterocycles. The molecule has 0 aromatic carbocycles. The van der Waals surface area contributed by atoms with E-state index in [1.807, 2.05) is 0 Å². The van der Waals surface area contributed by atoms with Crippen LogP contribution in [0.15, 0.2) is 22.6 Å². The molecule has 0 bridgehead atoms. The molecular formula is C13H22Ge. The van der Waals surface area contributed by atoms with Gasteiger partial charge in [-0.05, 0) is 0 Å². The summed E-state index contributed by atoms with van der Waals surface area (Å²) in [6.45, 7) is 13.9. The van der Waals surface area contributed by atoms with Crippen LogP contribution in [0.1, 0.15) is 41.5 Å². The normalized spacial score (nSPS) is 17.9. The Bertz CT molecular complexity index is 271. The number of hydrogen-bond acceptors (Lipinski definition) is 0. The summed E-state index contributed by atoms with van der Waals surface area (Å²) in [5, 5.41) is 0. The van der Waals surface area contributed by atoms with Crippen LogP contribution in [0.3, 0.4) is 0 Å². The Morgan fingerprint density at radius 1 is 1.00 bits per heavy atom. The second-order valence-electron chi connectivity index (χ2n) is 6.08. The van der Waals surface area contributed by atoms with E-state index in [2.05, 4.69) is 63.5 Å². The summed E-state index contributed by atoms with van der Waals surface area (Å²) in [5.74, 6) is 0. The third-order valence-corrected chi connectivity index (χ3v) is 8.46. The van der Waals surface area contributed by atoms with E-state index in [9.17, 15) is 0 Å². The fourth-order valence-electron chi connectivity index (χ4n) is 1.47. The van der Waals surface area contributed by atoms with Gasteiger partial charge in [0.15, 0.2) is 0 Å². The summed E-state index contributed by atoms with van der Waals surface area (Å²) < 4.78 is 0.510. The predicted octanol–water partition coefficient (Wildman–Crippen LogP) is 3.75. The maximum atomic E-state index is 2.50. The first kappa shape index (κ1) is 12.0. The topological polar surface area (TPSA) is 0 Å². The summed E-state index contributed by atoms with van der Waals surface area (Å²) in [7, 11) is 0. The van der Waals surface area contributed by atoms with Crippen LogP contribution in [-0.4, -0.2) is 18.8 Å². The number of rotatable bonds is 0. The number of hydrogen-bond donors (Lipinski definition) is 0. The monoisotopic (exact) mass is 252 g/mol. The van der Waals surface area contributed by atoms with Crippen LogP contribution in [0.25, 0.3) is 0 Å². The first-order valence-corrected chi connectivity index (χ1v) is 8.79. The Hall–Kier alpha value is -0.107. The average molecular weight is 251 g/mol.